The average molecular weight is 365 g/mol. The molecule has 0 atom stereocenters. The molecule has 0 amide bonds. The van der Waals surface area contributed by atoms with Gasteiger partial charge in [0.1, 0.15) is 0 Å². The van der Waals surface area contributed by atoms with Gasteiger partial charge in [0.05, 0.1) is 5.69 Å². The molecule has 0 aliphatic carbocycles. The summed E-state index contributed by atoms with van der Waals surface area (Å²) >= 11 is 1.68. The van der Waals surface area contributed by atoms with Crippen molar-refractivity contribution in [1.29, 1.82) is 0 Å². The van der Waals surface area contributed by atoms with Gasteiger partial charge in [0.15, 0.2) is 5.13 Å². The van der Waals surface area contributed by atoms with Crippen molar-refractivity contribution in [2.24, 2.45) is 0 Å². The van der Waals surface area contributed by atoms with Gasteiger partial charge < -0.3 is 10.2 Å². The molecule has 4 nitrogen and oxygen atoms in total. The van der Waals surface area contributed by atoms with Gasteiger partial charge in [-0.15, -0.1) is 11.3 Å². The zero-order valence-corrected chi connectivity index (χ0v) is 15.9. The predicted octanol–water partition coefficient (Wildman–Crippen LogP) is 4.52. The molecular weight excluding hydrogens is 340 g/mol. The zero-order valence-electron chi connectivity index (χ0n) is 15.1. The number of nitrogens with one attached hydrogen (secondary N) is 1. The van der Waals surface area contributed by atoms with Crippen molar-refractivity contribution in [1.82, 2.24) is 9.88 Å². The first-order chi connectivity index (χ1) is 12.8. The molecule has 0 radical (unpaired) electrons. The maximum atomic E-state index is 4.75. The SMILES string of the molecule is Cc1ccc(Nc2nc(CN3CCN(c4ccccc4)CC3)cs2)cc1. The van der Waals surface area contributed by atoms with Crippen molar-refractivity contribution in [2.75, 3.05) is 36.4 Å². The van der Waals surface area contributed by atoms with Gasteiger partial charge in [0.2, 0.25) is 0 Å². The molecule has 1 saturated heterocycles. The van der Waals surface area contributed by atoms with Crippen molar-refractivity contribution in [2.45, 2.75) is 13.5 Å². The molecule has 5 heteroatoms. The topological polar surface area (TPSA) is 31.4 Å². The minimum absolute atomic E-state index is 0.925. The Morgan fingerprint density at radius 1 is 0.962 bits per heavy atom. The van der Waals surface area contributed by atoms with Gasteiger partial charge in [0.25, 0.3) is 0 Å². The molecule has 1 fully saturated rings. The molecule has 0 spiro atoms. The first kappa shape index (κ1) is 17.1. The first-order valence-electron chi connectivity index (χ1n) is 9.07. The van der Waals surface area contributed by atoms with Crippen LogP contribution in [0.15, 0.2) is 60.0 Å². The molecule has 2 heterocycles. The summed E-state index contributed by atoms with van der Waals surface area (Å²) in [6.07, 6.45) is 0. The maximum absolute atomic E-state index is 4.75. The number of aryl methyl sites for hydroxylation is 1. The summed E-state index contributed by atoms with van der Waals surface area (Å²) in [7, 11) is 0. The Morgan fingerprint density at radius 2 is 1.69 bits per heavy atom. The van der Waals surface area contributed by atoms with Crippen LogP contribution in [0.2, 0.25) is 0 Å². The van der Waals surface area contributed by atoms with Crippen LogP contribution < -0.4 is 10.2 Å². The Morgan fingerprint density at radius 3 is 2.42 bits per heavy atom. The quantitative estimate of drug-likeness (QED) is 0.721. The Balaban J connectivity index is 1.30. The fourth-order valence-corrected chi connectivity index (χ4v) is 3.95. The molecule has 1 aliphatic heterocycles. The number of aromatic nitrogens is 1. The lowest BCUT2D eigenvalue weighted by atomic mass is 10.2. The summed E-state index contributed by atoms with van der Waals surface area (Å²) in [6.45, 7) is 7.32. The lowest BCUT2D eigenvalue weighted by Gasteiger charge is -2.35. The van der Waals surface area contributed by atoms with E-state index in [4.69, 9.17) is 4.98 Å². The molecular formula is C21H24N4S. The van der Waals surface area contributed by atoms with Crippen molar-refractivity contribution < 1.29 is 0 Å². The number of hydrogen-bond donors (Lipinski definition) is 1. The van der Waals surface area contributed by atoms with E-state index in [0.717, 1.165) is 49.2 Å². The van der Waals surface area contributed by atoms with Crippen molar-refractivity contribution in [3.05, 3.63) is 71.2 Å². The van der Waals surface area contributed by atoms with Crippen LogP contribution in [0.4, 0.5) is 16.5 Å². The zero-order chi connectivity index (χ0) is 17.8. The molecule has 134 valence electrons. The molecule has 1 aromatic heterocycles. The van der Waals surface area contributed by atoms with Crippen LogP contribution in [0.5, 0.6) is 0 Å². The van der Waals surface area contributed by atoms with Crippen LogP contribution in [0.3, 0.4) is 0 Å². The van der Waals surface area contributed by atoms with Gasteiger partial charge in [-0.3, -0.25) is 4.90 Å². The molecule has 0 bridgehead atoms. The normalized spacial score (nSPS) is 15.2. The van der Waals surface area contributed by atoms with Crippen LogP contribution in [0.25, 0.3) is 0 Å². The van der Waals surface area contributed by atoms with E-state index in [1.807, 2.05) is 0 Å². The highest BCUT2D eigenvalue weighted by molar-refractivity contribution is 7.13. The smallest absolute Gasteiger partial charge is 0.187 e. The van der Waals surface area contributed by atoms with E-state index in [0.29, 0.717) is 0 Å². The lowest BCUT2D eigenvalue weighted by molar-refractivity contribution is 0.247. The highest BCUT2D eigenvalue weighted by atomic mass is 32.1. The van der Waals surface area contributed by atoms with Crippen LogP contribution in [-0.2, 0) is 6.54 Å². The van der Waals surface area contributed by atoms with Crippen LogP contribution in [0.1, 0.15) is 11.3 Å². The number of thiazole rings is 1. The van der Waals surface area contributed by atoms with E-state index in [-0.39, 0.29) is 0 Å². The van der Waals surface area contributed by atoms with E-state index in [1.165, 1.54) is 11.3 Å². The fraction of sp³-hybridized carbons (Fsp3) is 0.286. The third-order valence-corrected chi connectivity index (χ3v) is 5.54. The Bertz CT molecular complexity index is 821. The van der Waals surface area contributed by atoms with E-state index in [2.05, 4.69) is 82.0 Å². The van der Waals surface area contributed by atoms with E-state index in [1.54, 1.807) is 11.3 Å². The van der Waals surface area contributed by atoms with Gasteiger partial charge in [-0.1, -0.05) is 35.9 Å². The number of hydrogen-bond acceptors (Lipinski definition) is 5. The molecule has 0 unspecified atom stereocenters. The van der Waals surface area contributed by atoms with Crippen molar-refractivity contribution in [3.8, 4) is 0 Å². The minimum atomic E-state index is 0.925. The Hall–Kier alpha value is -2.37. The highest BCUT2D eigenvalue weighted by Gasteiger charge is 2.18. The summed E-state index contributed by atoms with van der Waals surface area (Å²) in [5, 5.41) is 6.53. The first-order valence-corrected chi connectivity index (χ1v) is 9.95. The second-order valence-electron chi connectivity index (χ2n) is 6.73. The van der Waals surface area contributed by atoms with Crippen molar-refractivity contribution >= 4 is 27.8 Å². The van der Waals surface area contributed by atoms with Gasteiger partial charge >= 0.3 is 0 Å². The van der Waals surface area contributed by atoms with Gasteiger partial charge in [-0.05, 0) is 31.2 Å². The highest BCUT2D eigenvalue weighted by Crippen LogP contribution is 2.23. The Labute approximate surface area is 159 Å². The van der Waals surface area contributed by atoms with Crippen LogP contribution in [0, 0.1) is 6.92 Å². The summed E-state index contributed by atoms with van der Waals surface area (Å²) in [5.41, 5.74) is 4.83. The van der Waals surface area contributed by atoms with Crippen LogP contribution >= 0.6 is 11.3 Å². The standard InChI is InChI=1S/C21H24N4S/c1-17-7-9-18(10-8-17)22-21-23-19(16-26-21)15-24-11-13-25(14-12-24)20-5-3-2-4-6-20/h2-10,16H,11-15H2,1H3,(H,22,23). The summed E-state index contributed by atoms with van der Waals surface area (Å²) in [6, 6.07) is 19.1. The van der Waals surface area contributed by atoms with Gasteiger partial charge in [-0.25, -0.2) is 4.98 Å². The fourth-order valence-electron chi connectivity index (χ4n) is 3.23. The number of para-hydroxylation sites is 1. The predicted molar refractivity (Wildman–Crippen MR) is 111 cm³/mol. The molecule has 26 heavy (non-hydrogen) atoms. The molecule has 1 aliphatic rings. The third-order valence-electron chi connectivity index (χ3n) is 4.73. The Kier molecular flexibility index (Phi) is 5.18. The summed E-state index contributed by atoms with van der Waals surface area (Å²) < 4.78 is 0. The van der Waals surface area contributed by atoms with Gasteiger partial charge in [-0.2, -0.15) is 0 Å². The monoisotopic (exact) mass is 364 g/mol. The molecule has 2 aromatic carbocycles. The third kappa shape index (κ3) is 4.23. The van der Waals surface area contributed by atoms with E-state index < -0.39 is 0 Å². The molecule has 3 aromatic rings. The minimum Gasteiger partial charge on any atom is -0.369 e. The van der Waals surface area contributed by atoms with E-state index in [9.17, 15) is 0 Å². The van der Waals surface area contributed by atoms with E-state index >= 15 is 0 Å². The largest absolute Gasteiger partial charge is 0.369 e. The second kappa shape index (κ2) is 7.89. The average Bonchev–Trinajstić information content (AvgIpc) is 3.12. The second-order valence-corrected chi connectivity index (χ2v) is 7.59. The molecule has 4 rings (SSSR count). The number of nitrogens with zero attached hydrogens (tertiary/aromatic N) is 3. The lowest BCUT2D eigenvalue weighted by Crippen LogP contribution is -2.46. The van der Waals surface area contributed by atoms with Crippen molar-refractivity contribution in [3.63, 3.8) is 0 Å². The summed E-state index contributed by atoms with van der Waals surface area (Å²) in [4.78, 5) is 9.70. The maximum Gasteiger partial charge on any atom is 0.187 e. The molecule has 1 N–H and O–H groups in total. The number of benzene rings is 2. The number of piperazine rings is 1. The van der Waals surface area contributed by atoms with Gasteiger partial charge in [0, 0.05) is 49.5 Å². The van der Waals surface area contributed by atoms with Crippen LogP contribution in [-0.4, -0.2) is 36.1 Å². The summed E-state index contributed by atoms with van der Waals surface area (Å²) in [5.74, 6) is 0. The number of rotatable bonds is 5. The number of anilines is 3. The molecule has 0 saturated carbocycles.